The molecule has 0 bridgehead atoms. The molecule has 10 heavy (non-hydrogen) atoms. The molecule has 0 saturated heterocycles. The molecule has 0 aliphatic heterocycles. The van der Waals surface area contributed by atoms with Crippen LogP contribution < -0.4 is 0 Å². The van der Waals surface area contributed by atoms with Crippen molar-refractivity contribution in [2.45, 2.75) is 51.8 Å². The highest BCUT2D eigenvalue weighted by atomic mass is 79.9. The molecule has 0 radical (unpaired) electrons. The van der Waals surface area contributed by atoms with Crippen molar-refractivity contribution in [2.24, 2.45) is 5.41 Å². The van der Waals surface area contributed by atoms with Crippen molar-refractivity contribution in [2.75, 3.05) is 0 Å². The summed E-state index contributed by atoms with van der Waals surface area (Å²) in [4.78, 5) is 0.681. The number of alkyl halides is 1. The summed E-state index contributed by atoms with van der Waals surface area (Å²) in [5.74, 6) is 0. The summed E-state index contributed by atoms with van der Waals surface area (Å²) in [6, 6.07) is 0. The van der Waals surface area contributed by atoms with Gasteiger partial charge in [0.2, 0.25) is 0 Å². The fourth-order valence-electron chi connectivity index (χ4n) is 0.816. The van der Waals surface area contributed by atoms with E-state index in [1.54, 1.807) is 0 Å². The molecule has 0 spiro atoms. The second-order valence-electron chi connectivity index (χ2n) is 3.98. The summed E-state index contributed by atoms with van der Waals surface area (Å²) in [6.07, 6.45) is 3.95. The minimum atomic E-state index is 0.426. The third-order valence-corrected chi connectivity index (χ3v) is 3.58. The van der Waals surface area contributed by atoms with Gasteiger partial charge >= 0.3 is 0 Å². The van der Waals surface area contributed by atoms with Gasteiger partial charge in [-0.2, -0.15) is 0 Å². The van der Waals surface area contributed by atoms with Crippen LogP contribution in [-0.4, -0.2) is 4.83 Å². The van der Waals surface area contributed by atoms with E-state index in [-0.39, 0.29) is 0 Å². The lowest BCUT2D eigenvalue weighted by Gasteiger charge is -2.25. The van der Waals surface area contributed by atoms with Gasteiger partial charge in [-0.05, 0) is 11.8 Å². The number of unbranched alkanes of at least 4 members (excludes halogenated alkanes) is 1. The molecule has 62 valence electrons. The van der Waals surface area contributed by atoms with Crippen LogP contribution in [0.4, 0.5) is 0 Å². The van der Waals surface area contributed by atoms with Crippen molar-refractivity contribution >= 4 is 15.9 Å². The third kappa shape index (κ3) is 4.32. The number of rotatable bonds is 3. The van der Waals surface area contributed by atoms with Crippen molar-refractivity contribution in [1.82, 2.24) is 0 Å². The molecule has 0 fully saturated rings. The van der Waals surface area contributed by atoms with E-state index in [1.807, 2.05) is 0 Å². The maximum absolute atomic E-state index is 3.70. The predicted molar refractivity (Wildman–Crippen MR) is 51.7 cm³/mol. The molecule has 1 heteroatoms. The van der Waals surface area contributed by atoms with Crippen LogP contribution in [0.5, 0.6) is 0 Å². The monoisotopic (exact) mass is 206 g/mol. The molecule has 0 aromatic carbocycles. The Morgan fingerprint density at radius 3 is 2.10 bits per heavy atom. The third-order valence-electron chi connectivity index (χ3n) is 1.75. The summed E-state index contributed by atoms with van der Waals surface area (Å²) in [5, 5.41) is 0. The van der Waals surface area contributed by atoms with Gasteiger partial charge in [0.1, 0.15) is 0 Å². The number of halogens is 1. The molecule has 0 rings (SSSR count). The van der Waals surface area contributed by atoms with Gasteiger partial charge < -0.3 is 0 Å². The Bertz CT molecular complexity index is 81.2. The Morgan fingerprint density at radius 1 is 1.30 bits per heavy atom. The zero-order chi connectivity index (χ0) is 8.20. The van der Waals surface area contributed by atoms with Crippen molar-refractivity contribution in [3.63, 3.8) is 0 Å². The topological polar surface area (TPSA) is 0 Å². The average Bonchev–Trinajstić information content (AvgIpc) is 1.80. The summed E-state index contributed by atoms with van der Waals surface area (Å²) >= 11 is 3.70. The highest BCUT2D eigenvalue weighted by molar-refractivity contribution is 9.09. The van der Waals surface area contributed by atoms with E-state index in [2.05, 4.69) is 43.6 Å². The summed E-state index contributed by atoms with van der Waals surface area (Å²) in [5.41, 5.74) is 0.426. The fourth-order valence-corrected chi connectivity index (χ4v) is 1.14. The molecule has 0 saturated carbocycles. The van der Waals surface area contributed by atoms with Crippen LogP contribution >= 0.6 is 15.9 Å². The van der Waals surface area contributed by atoms with Gasteiger partial charge in [-0.1, -0.05) is 56.5 Å². The normalized spacial score (nSPS) is 15.3. The lowest BCUT2D eigenvalue weighted by atomic mass is 9.89. The highest BCUT2D eigenvalue weighted by Gasteiger charge is 2.20. The second kappa shape index (κ2) is 4.38. The summed E-state index contributed by atoms with van der Waals surface area (Å²) < 4.78 is 0. The average molecular weight is 207 g/mol. The molecule has 0 nitrogen and oxygen atoms in total. The Labute approximate surface area is 73.5 Å². The van der Waals surface area contributed by atoms with Crippen LogP contribution in [0, 0.1) is 5.41 Å². The van der Waals surface area contributed by atoms with Gasteiger partial charge in [0, 0.05) is 4.83 Å². The van der Waals surface area contributed by atoms with E-state index in [4.69, 9.17) is 0 Å². The minimum absolute atomic E-state index is 0.426. The SMILES string of the molecule is CCCCC(Br)C(C)(C)C. The van der Waals surface area contributed by atoms with Crippen molar-refractivity contribution in [3.05, 3.63) is 0 Å². The second-order valence-corrected chi connectivity index (χ2v) is 5.08. The molecule has 0 aromatic heterocycles. The maximum atomic E-state index is 3.70. The van der Waals surface area contributed by atoms with Crippen LogP contribution in [0.15, 0.2) is 0 Å². The van der Waals surface area contributed by atoms with E-state index >= 15 is 0 Å². The fraction of sp³-hybridized carbons (Fsp3) is 1.00. The van der Waals surface area contributed by atoms with Crippen LogP contribution in [0.1, 0.15) is 47.0 Å². The van der Waals surface area contributed by atoms with Crippen molar-refractivity contribution in [1.29, 1.82) is 0 Å². The van der Waals surface area contributed by atoms with Gasteiger partial charge in [0.25, 0.3) is 0 Å². The maximum Gasteiger partial charge on any atom is 0.0194 e. The lowest BCUT2D eigenvalue weighted by Crippen LogP contribution is -2.19. The molecule has 1 unspecified atom stereocenters. The van der Waals surface area contributed by atoms with Crippen LogP contribution in [0.2, 0.25) is 0 Å². The van der Waals surface area contributed by atoms with E-state index < -0.39 is 0 Å². The zero-order valence-electron chi connectivity index (χ0n) is 7.58. The van der Waals surface area contributed by atoms with Crippen molar-refractivity contribution < 1.29 is 0 Å². The number of hydrogen-bond donors (Lipinski definition) is 0. The molecule has 0 N–H and O–H groups in total. The number of hydrogen-bond acceptors (Lipinski definition) is 0. The molecular formula is C9H19Br. The first-order valence-corrected chi connectivity index (χ1v) is 5.04. The molecule has 0 heterocycles. The smallest absolute Gasteiger partial charge is 0.0194 e. The quantitative estimate of drug-likeness (QED) is 0.614. The summed E-state index contributed by atoms with van der Waals surface area (Å²) in [7, 11) is 0. The first-order chi connectivity index (χ1) is 4.48. The van der Waals surface area contributed by atoms with E-state index in [0.717, 1.165) is 0 Å². The summed E-state index contributed by atoms with van der Waals surface area (Å²) in [6.45, 7) is 9.08. The predicted octanol–water partition coefficient (Wildman–Crippen LogP) is 3.99. The van der Waals surface area contributed by atoms with Gasteiger partial charge in [-0.3, -0.25) is 0 Å². The van der Waals surface area contributed by atoms with Gasteiger partial charge in [0.05, 0.1) is 0 Å². The Kier molecular flexibility index (Phi) is 4.59. The molecule has 0 aliphatic carbocycles. The molecule has 0 amide bonds. The van der Waals surface area contributed by atoms with Crippen LogP contribution in [0.25, 0.3) is 0 Å². The molecular weight excluding hydrogens is 188 g/mol. The van der Waals surface area contributed by atoms with Gasteiger partial charge in [-0.25, -0.2) is 0 Å². The molecule has 0 aromatic rings. The first kappa shape index (κ1) is 10.5. The Hall–Kier alpha value is 0.480. The van der Waals surface area contributed by atoms with Gasteiger partial charge in [0.15, 0.2) is 0 Å². The lowest BCUT2D eigenvalue weighted by molar-refractivity contribution is 0.379. The minimum Gasteiger partial charge on any atom is -0.0885 e. The van der Waals surface area contributed by atoms with E-state index in [9.17, 15) is 0 Å². The van der Waals surface area contributed by atoms with Gasteiger partial charge in [-0.15, -0.1) is 0 Å². The standard InChI is InChI=1S/C9H19Br/c1-5-6-7-8(10)9(2,3)4/h8H,5-7H2,1-4H3. The van der Waals surface area contributed by atoms with Crippen LogP contribution in [-0.2, 0) is 0 Å². The first-order valence-electron chi connectivity index (χ1n) is 4.12. The van der Waals surface area contributed by atoms with Crippen molar-refractivity contribution in [3.8, 4) is 0 Å². The molecule has 1 atom stereocenters. The van der Waals surface area contributed by atoms with Crippen LogP contribution in [0.3, 0.4) is 0 Å². The van der Waals surface area contributed by atoms with E-state index in [0.29, 0.717) is 10.2 Å². The highest BCUT2D eigenvalue weighted by Crippen LogP contribution is 2.29. The largest absolute Gasteiger partial charge is 0.0885 e. The Balaban J connectivity index is 3.52. The Morgan fingerprint density at radius 2 is 1.80 bits per heavy atom. The molecule has 0 aliphatic rings. The van der Waals surface area contributed by atoms with E-state index in [1.165, 1.54) is 19.3 Å². The zero-order valence-corrected chi connectivity index (χ0v) is 9.16.